The molecule has 2 nitrogen and oxygen atoms in total. The molecule has 0 radical (unpaired) electrons. The third kappa shape index (κ3) is 5.99. The molecule has 2 heteroatoms. The molecule has 0 spiro atoms. The first-order valence-corrected chi connectivity index (χ1v) is 6.76. The summed E-state index contributed by atoms with van der Waals surface area (Å²) >= 11 is 0. The van der Waals surface area contributed by atoms with E-state index in [1.165, 1.54) is 5.56 Å². The van der Waals surface area contributed by atoms with Crippen LogP contribution < -0.4 is 5.32 Å². The van der Waals surface area contributed by atoms with Crippen molar-refractivity contribution in [2.24, 2.45) is 5.92 Å². The fraction of sp³-hybridized carbons (Fsp3) is 0.500. The Labute approximate surface area is 111 Å². The maximum atomic E-state index is 5.49. The zero-order valence-electron chi connectivity index (χ0n) is 11.7. The number of rotatable bonds is 8. The van der Waals surface area contributed by atoms with Gasteiger partial charge in [-0.15, -0.1) is 0 Å². The van der Waals surface area contributed by atoms with Crippen molar-refractivity contribution in [1.82, 2.24) is 5.32 Å². The Morgan fingerprint density at radius 3 is 2.56 bits per heavy atom. The van der Waals surface area contributed by atoms with Crippen LogP contribution in [0.3, 0.4) is 0 Å². The van der Waals surface area contributed by atoms with Gasteiger partial charge in [-0.3, -0.25) is 0 Å². The van der Waals surface area contributed by atoms with Gasteiger partial charge in [0.2, 0.25) is 0 Å². The van der Waals surface area contributed by atoms with Gasteiger partial charge in [0.25, 0.3) is 0 Å². The van der Waals surface area contributed by atoms with Crippen molar-refractivity contribution in [3.8, 4) is 0 Å². The van der Waals surface area contributed by atoms with E-state index >= 15 is 0 Å². The molecule has 1 N–H and O–H groups in total. The van der Waals surface area contributed by atoms with Crippen molar-refractivity contribution >= 4 is 6.08 Å². The van der Waals surface area contributed by atoms with Crippen molar-refractivity contribution in [1.29, 1.82) is 0 Å². The van der Waals surface area contributed by atoms with Crippen molar-refractivity contribution in [2.45, 2.75) is 26.8 Å². The maximum Gasteiger partial charge on any atom is 0.0622 e. The van der Waals surface area contributed by atoms with Crippen LogP contribution in [0, 0.1) is 5.92 Å². The summed E-state index contributed by atoms with van der Waals surface area (Å²) in [7, 11) is 0. The van der Waals surface area contributed by atoms with E-state index in [4.69, 9.17) is 4.74 Å². The molecule has 1 aromatic rings. The molecule has 0 aliphatic heterocycles. The van der Waals surface area contributed by atoms with Gasteiger partial charge in [0.1, 0.15) is 0 Å². The molecule has 1 rings (SSSR count). The van der Waals surface area contributed by atoms with Crippen LogP contribution in [0.15, 0.2) is 36.4 Å². The summed E-state index contributed by atoms with van der Waals surface area (Å²) in [4.78, 5) is 0. The molecule has 0 bridgehead atoms. The SMILES string of the molecule is CCOCC(NC/C=C/c1ccccc1)C(C)C. The lowest BCUT2D eigenvalue weighted by Gasteiger charge is -2.21. The summed E-state index contributed by atoms with van der Waals surface area (Å²) in [5.74, 6) is 0.585. The Morgan fingerprint density at radius 1 is 1.22 bits per heavy atom. The van der Waals surface area contributed by atoms with Crippen LogP contribution >= 0.6 is 0 Å². The minimum absolute atomic E-state index is 0.422. The molecular formula is C16H25NO. The highest BCUT2D eigenvalue weighted by molar-refractivity contribution is 5.48. The smallest absolute Gasteiger partial charge is 0.0622 e. The number of hydrogen-bond acceptors (Lipinski definition) is 2. The summed E-state index contributed by atoms with van der Waals surface area (Å²) in [6.45, 7) is 8.92. The van der Waals surface area contributed by atoms with Gasteiger partial charge >= 0.3 is 0 Å². The van der Waals surface area contributed by atoms with Crippen LogP contribution in [-0.2, 0) is 4.74 Å². The molecule has 1 aromatic carbocycles. The van der Waals surface area contributed by atoms with Crippen LogP contribution in [0.25, 0.3) is 6.08 Å². The molecular weight excluding hydrogens is 222 g/mol. The van der Waals surface area contributed by atoms with Gasteiger partial charge in [-0.1, -0.05) is 56.3 Å². The Kier molecular flexibility index (Phi) is 7.38. The predicted octanol–water partition coefficient (Wildman–Crippen LogP) is 3.35. The lowest BCUT2D eigenvalue weighted by molar-refractivity contribution is 0.110. The van der Waals surface area contributed by atoms with E-state index in [2.05, 4.69) is 55.6 Å². The van der Waals surface area contributed by atoms with E-state index in [0.29, 0.717) is 12.0 Å². The Bertz CT molecular complexity index is 332. The van der Waals surface area contributed by atoms with Gasteiger partial charge in [0.05, 0.1) is 6.61 Å². The third-order valence-electron chi connectivity index (χ3n) is 2.91. The normalized spacial score (nSPS) is 13.3. The molecule has 0 amide bonds. The molecule has 1 unspecified atom stereocenters. The second-order valence-corrected chi connectivity index (χ2v) is 4.73. The Hall–Kier alpha value is -1.12. The van der Waals surface area contributed by atoms with Crippen molar-refractivity contribution in [3.63, 3.8) is 0 Å². The van der Waals surface area contributed by atoms with Crippen molar-refractivity contribution in [2.75, 3.05) is 19.8 Å². The van der Waals surface area contributed by atoms with Gasteiger partial charge < -0.3 is 10.1 Å². The largest absolute Gasteiger partial charge is 0.380 e. The van der Waals surface area contributed by atoms with E-state index in [0.717, 1.165) is 19.8 Å². The Morgan fingerprint density at radius 2 is 1.94 bits per heavy atom. The minimum atomic E-state index is 0.422. The molecule has 0 aliphatic carbocycles. The molecule has 0 aliphatic rings. The third-order valence-corrected chi connectivity index (χ3v) is 2.91. The standard InChI is InChI=1S/C16H25NO/c1-4-18-13-16(14(2)3)17-12-8-11-15-9-6-5-7-10-15/h5-11,14,16-17H,4,12-13H2,1-3H3/b11-8+. The van der Waals surface area contributed by atoms with E-state index in [1.807, 2.05) is 13.0 Å². The quantitative estimate of drug-likeness (QED) is 0.760. The molecule has 0 fully saturated rings. The van der Waals surface area contributed by atoms with Crippen LogP contribution in [-0.4, -0.2) is 25.8 Å². The highest BCUT2D eigenvalue weighted by atomic mass is 16.5. The summed E-state index contributed by atoms with van der Waals surface area (Å²) in [5, 5.41) is 3.51. The van der Waals surface area contributed by atoms with Gasteiger partial charge in [-0.05, 0) is 18.4 Å². The van der Waals surface area contributed by atoms with Crippen LogP contribution in [0.4, 0.5) is 0 Å². The molecule has 0 saturated heterocycles. The molecule has 0 aromatic heterocycles. The molecule has 1 atom stereocenters. The van der Waals surface area contributed by atoms with Gasteiger partial charge in [-0.25, -0.2) is 0 Å². The van der Waals surface area contributed by atoms with Gasteiger partial charge in [-0.2, -0.15) is 0 Å². The van der Waals surface area contributed by atoms with E-state index in [9.17, 15) is 0 Å². The summed E-state index contributed by atoms with van der Waals surface area (Å²) in [6, 6.07) is 10.8. The number of hydrogen-bond donors (Lipinski definition) is 1. The average Bonchev–Trinajstić information content (AvgIpc) is 2.38. The maximum absolute atomic E-state index is 5.49. The molecule has 0 heterocycles. The number of benzene rings is 1. The molecule has 100 valence electrons. The monoisotopic (exact) mass is 247 g/mol. The predicted molar refractivity (Wildman–Crippen MR) is 78.6 cm³/mol. The average molecular weight is 247 g/mol. The number of ether oxygens (including phenoxy) is 1. The van der Waals surface area contributed by atoms with E-state index in [-0.39, 0.29) is 0 Å². The van der Waals surface area contributed by atoms with Gasteiger partial charge in [0, 0.05) is 19.2 Å². The summed E-state index contributed by atoms with van der Waals surface area (Å²) < 4.78 is 5.49. The fourth-order valence-electron chi connectivity index (χ4n) is 1.71. The lowest BCUT2D eigenvalue weighted by Crippen LogP contribution is -2.38. The zero-order valence-corrected chi connectivity index (χ0v) is 11.7. The van der Waals surface area contributed by atoms with E-state index in [1.54, 1.807) is 0 Å². The van der Waals surface area contributed by atoms with Crippen molar-refractivity contribution in [3.05, 3.63) is 42.0 Å². The topological polar surface area (TPSA) is 21.3 Å². The first-order valence-electron chi connectivity index (χ1n) is 6.76. The number of nitrogens with one attached hydrogen (secondary N) is 1. The van der Waals surface area contributed by atoms with Crippen LogP contribution in [0.5, 0.6) is 0 Å². The molecule has 18 heavy (non-hydrogen) atoms. The minimum Gasteiger partial charge on any atom is -0.380 e. The lowest BCUT2D eigenvalue weighted by atomic mass is 10.1. The first kappa shape index (κ1) is 14.9. The van der Waals surface area contributed by atoms with Gasteiger partial charge in [0.15, 0.2) is 0 Å². The van der Waals surface area contributed by atoms with Crippen LogP contribution in [0.2, 0.25) is 0 Å². The van der Waals surface area contributed by atoms with Crippen molar-refractivity contribution < 1.29 is 4.74 Å². The summed E-state index contributed by atoms with van der Waals surface area (Å²) in [6.07, 6.45) is 4.31. The second kappa shape index (κ2) is 8.90. The fourth-order valence-corrected chi connectivity index (χ4v) is 1.71. The zero-order chi connectivity index (χ0) is 13.2. The van der Waals surface area contributed by atoms with E-state index < -0.39 is 0 Å². The van der Waals surface area contributed by atoms with Crippen LogP contribution in [0.1, 0.15) is 26.3 Å². The molecule has 0 saturated carbocycles. The second-order valence-electron chi connectivity index (χ2n) is 4.73. The Balaban J connectivity index is 2.32. The first-order chi connectivity index (χ1) is 8.74. The highest BCUT2D eigenvalue weighted by Crippen LogP contribution is 2.03. The summed E-state index contributed by atoms with van der Waals surface area (Å²) in [5.41, 5.74) is 1.24. The highest BCUT2D eigenvalue weighted by Gasteiger charge is 2.11.